The van der Waals surface area contributed by atoms with E-state index < -0.39 is 0 Å². The van der Waals surface area contributed by atoms with Crippen LogP contribution in [0.3, 0.4) is 0 Å². The monoisotopic (exact) mass is 238 g/mol. The molecular weight excluding hydrogens is 234 g/mol. The normalized spacial score (nSPS) is 9.77. The van der Waals surface area contributed by atoms with Crippen LogP contribution in [0.5, 0.6) is 0 Å². The van der Waals surface area contributed by atoms with Crippen molar-refractivity contribution in [1.29, 1.82) is 0 Å². The summed E-state index contributed by atoms with van der Waals surface area (Å²) in [5.41, 5.74) is 10.3. The van der Waals surface area contributed by atoms with Gasteiger partial charge >= 0.3 is 0 Å². The van der Waals surface area contributed by atoms with Gasteiger partial charge in [0.2, 0.25) is 0 Å². The van der Waals surface area contributed by atoms with Crippen LogP contribution in [-0.2, 0) is 0 Å². The topological polar surface area (TPSA) is 77.3 Å². The molecule has 1 aromatic rings. The summed E-state index contributed by atoms with van der Waals surface area (Å²) in [5, 5.41) is 0.558. The average Bonchev–Trinajstić information content (AvgIpc) is 2.06. The minimum absolute atomic E-state index is 0.127. The van der Waals surface area contributed by atoms with Gasteiger partial charge in [-0.05, 0) is 0 Å². The zero-order chi connectivity index (χ0) is 10.0. The van der Waals surface area contributed by atoms with Crippen molar-refractivity contribution in [3.05, 3.63) is 21.3 Å². The molecule has 13 heavy (non-hydrogen) atoms. The molecule has 0 amide bonds. The molecule has 0 radical (unpaired) electrons. The predicted molar refractivity (Wildman–Crippen MR) is 54.7 cm³/mol. The second-order valence-corrected chi connectivity index (χ2v) is 3.26. The van der Waals surface area contributed by atoms with Crippen molar-refractivity contribution in [2.75, 3.05) is 0 Å². The summed E-state index contributed by atoms with van der Waals surface area (Å²) in [6.07, 6.45) is 1.32. The van der Waals surface area contributed by atoms with E-state index in [1.165, 1.54) is 6.20 Å². The van der Waals surface area contributed by atoms with Gasteiger partial charge in [-0.15, -0.1) is 0 Å². The molecule has 7 heteroatoms. The van der Waals surface area contributed by atoms with Crippen molar-refractivity contribution in [1.82, 2.24) is 4.98 Å². The maximum absolute atomic E-state index is 5.75. The first-order valence-electron chi connectivity index (χ1n) is 3.11. The molecule has 4 N–H and O–H groups in total. The second-order valence-electron chi connectivity index (χ2n) is 2.09. The number of hydrogen-bond donors (Lipinski definition) is 2. The average molecular weight is 239 g/mol. The molecule has 0 spiro atoms. The van der Waals surface area contributed by atoms with Crippen molar-refractivity contribution in [2.45, 2.75) is 0 Å². The van der Waals surface area contributed by atoms with Crippen molar-refractivity contribution in [2.24, 2.45) is 16.5 Å². The number of halogens is 3. The number of guanidine groups is 1. The predicted octanol–water partition coefficient (Wildman–Crippen LogP) is 1.95. The Bertz CT molecular complexity index is 359. The number of rotatable bonds is 1. The van der Waals surface area contributed by atoms with Crippen LogP contribution in [-0.4, -0.2) is 10.9 Å². The summed E-state index contributed by atoms with van der Waals surface area (Å²) < 4.78 is 0. The SMILES string of the molecule is NC(N)=Nc1ncc(Cl)c(Cl)c1Cl. The molecule has 0 atom stereocenters. The lowest BCUT2D eigenvalue weighted by molar-refractivity contribution is 1.26. The molecule has 0 bridgehead atoms. The molecule has 0 aromatic carbocycles. The Kier molecular flexibility index (Phi) is 3.19. The van der Waals surface area contributed by atoms with E-state index in [0.717, 1.165) is 0 Å². The first-order chi connectivity index (χ1) is 6.02. The first-order valence-corrected chi connectivity index (χ1v) is 4.25. The maximum Gasteiger partial charge on any atom is 0.192 e. The number of hydrogen-bond acceptors (Lipinski definition) is 2. The number of nitrogens with zero attached hydrogens (tertiary/aromatic N) is 2. The van der Waals surface area contributed by atoms with Crippen LogP contribution in [0.2, 0.25) is 15.1 Å². The highest BCUT2D eigenvalue weighted by molar-refractivity contribution is 6.48. The van der Waals surface area contributed by atoms with E-state index in [0.29, 0.717) is 0 Å². The summed E-state index contributed by atoms with van der Waals surface area (Å²) in [4.78, 5) is 7.43. The lowest BCUT2D eigenvalue weighted by atomic mass is 10.4. The van der Waals surface area contributed by atoms with Gasteiger partial charge in [0, 0.05) is 6.20 Å². The van der Waals surface area contributed by atoms with Crippen LogP contribution in [0.4, 0.5) is 5.82 Å². The van der Waals surface area contributed by atoms with Crippen LogP contribution in [0.15, 0.2) is 11.2 Å². The smallest absolute Gasteiger partial charge is 0.192 e. The third kappa shape index (κ3) is 2.37. The van der Waals surface area contributed by atoms with Gasteiger partial charge in [0.1, 0.15) is 5.02 Å². The second kappa shape index (κ2) is 4.00. The molecular formula is C6H5Cl3N4. The lowest BCUT2D eigenvalue weighted by Gasteiger charge is -2.01. The summed E-state index contributed by atoms with van der Waals surface area (Å²) in [7, 11) is 0. The van der Waals surface area contributed by atoms with E-state index in [1.54, 1.807) is 0 Å². The van der Waals surface area contributed by atoms with Crippen LogP contribution < -0.4 is 11.5 Å². The Morgan fingerprint density at radius 1 is 1.23 bits per heavy atom. The Morgan fingerprint density at radius 3 is 2.38 bits per heavy atom. The molecule has 1 rings (SSSR count). The Hall–Kier alpha value is -0.710. The molecule has 4 nitrogen and oxygen atoms in total. The van der Waals surface area contributed by atoms with Gasteiger partial charge in [-0.25, -0.2) is 4.98 Å². The van der Waals surface area contributed by atoms with Crippen molar-refractivity contribution < 1.29 is 0 Å². The van der Waals surface area contributed by atoms with Crippen molar-refractivity contribution in [3.63, 3.8) is 0 Å². The summed E-state index contributed by atoms with van der Waals surface area (Å²) in [6, 6.07) is 0. The minimum atomic E-state index is -0.146. The minimum Gasteiger partial charge on any atom is -0.370 e. The van der Waals surface area contributed by atoms with E-state index in [2.05, 4.69) is 9.98 Å². The van der Waals surface area contributed by atoms with Crippen LogP contribution in [0.25, 0.3) is 0 Å². The quantitative estimate of drug-likeness (QED) is 0.581. The van der Waals surface area contributed by atoms with Gasteiger partial charge in [-0.3, -0.25) is 0 Å². The zero-order valence-corrected chi connectivity index (χ0v) is 8.53. The largest absolute Gasteiger partial charge is 0.370 e. The van der Waals surface area contributed by atoms with Gasteiger partial charge in [0.25, 0.3) is 0 Å². The molecule has 1 heterocycles. The molecule has 0 saturated heterocycles. The van der Waals surface area contributed by atoms with Crippen LogP contribution in [0.1, 0.15) is 0 Å². The third-order valence-corrected chi connectivity index (χ3v) is 2.36. The fourth-order valence-electron chi connectivity index (χ4n) is 0.634. The fourth-order valence-corrected chi connectivity index (χ4v) is 1.15. The van der Waals surface area contributed by atoms with E-state index in [1.807, 2.05) is 0 Å². The third-order valence-electron chi connectivity index (χ3n) is 1.13. The molecule has 0 aliphatic heterocycles. The van der Waals surface area contributed by atoms with Gasteiger partial charge in [-0.2, -0.15) is 4.99 Å². The molecule has 1 aromatic heterocycles. The van der Waals surface area contributed by atoms with Crippen molar-refractivity contribution in [3.8, 4) is 0 Å². The highest BCUT2D eigenvalue weighted by atomic mass is 35.5. The number of nitrogens with two attached hydrogens (primary N) is 2. The molecule has 0 unspecified atom stereocenters. The maximum atomic E-state index is 5.75. The summed E-state index contributed by atoms with van der Waals surface area (Å²) >= 11 is 17.1. The number of pyridine rings is 1. The number of aromatic nitrogens is 1. The zero-order valence-electron chi connectivity index (χ0n) is 6.26. The van der Waals surface area contributed by atoms with Crippen molar-refractivity contribution >= 4 is 46.6 Å². The summed E-state index contributed by atoms with van der Waals surface area (Å²) in [5.74, 6) is 0.00357. The van der Waals surface area contributed by atoms with Crippen LogP contribution in [0, 0.1) is 0 Å². The fraction of sp³-hybridized carbons (Fsp3) is 0. The highest BCUT2D eigenvalue weighted by Crippen LogP contribution is 2.34. The highest BCUT2D eigenvalue weighted by Gasteiger charge is 2.09. The molecule has 0 fully saturated rings. The van der Waals surface area contributed by atoms with E-state index >= 15 is 0 Å². The van der Waals surface area contributed by atoms with E-state index in [-0.39, 0.29) is 26.8 Å². The standard InChI is InChI=1S/C6H5Cl3N4/c7-2-1-12-5(13-6(10)11)4(9)3(2)8/h1H,(H4,10,11,12,13). The molecule has 0 aliphatic carbocycles. The lowest BCUT2D eigenvalue weighted by Crippen LogP contribution is -2.22. The van der Waals surface area contributed by atoms with Gasteiger partial charge < -0.3 is 11.5 Å². The number of aliphatic imine (C=N–C) groups is 1. The molecule has 70 valence electrons. The Labute approximate surface area is 89.5 Å². The van der Waals surface area contributed by atoms with Gasteiger partial charge in [0.05, 0.1) is 10.0 Å². The molecule has 0 aliphatic rings. The molecule has 0 saturated carbocycles. The van der Waals surface area contributed by atoms with Crippen LogP contribution >= 0.6 is 34.8 Å². The van der Waals surface area contributed by atoms with E-state index in [9.17, 15) is 0 Å². The summed E-state index contributed by atoms with van der Waals surface area (Å²) in [6.45, 7) is 0. The van der Waals surface area contributed by atoms with Gasteiger partial charge in [0.15, 0.2) is 11.8 Å². The Morgan fingerprint density at radius 2 is 1.85 bits per heavy atom. The first kappa shape index (κ1) is 10.4. The Balaban J connectivity index is 3.26. The van der Waals surface area contributed by atoms with Gasteiger partial charge in [-0.1, -0.05) is 34.8 Å². The van der Waals surface area contributed by atoms with E-state index in [4.69, 9.17) is 46.3 Å².